The number of nitriles is 1. The number of nitrogens with one attached hydrogen (secondary N) is 1. The van der Waals surface area contributed by atoms with E-state index in [-0.39, 0.29) is 16.7 Å². The van der Waals surface area contributed by atoms with Crippen molar-refractivity contribution >= 4 is 21.6 Å². The molecule has 1 amide bonds. The number of hydrogen-bond acceptors (Lipinski definition) is 4. The van der Waals surface area contributed by atoms with Crippen LogP contribution in [-0.4, -0.2) is 31.2 Å². The zero-order valence-corrected chi connectivity index (χ0v) is 14.6. The van der Waals surface area contributed by atoms with E-state index in [0.717, 1.165) is 22.7 Å². The number of carbonyl (C=O) groups excluding carboxylic acids is 1. The quantitative estimate of drug-likeness (QED) is 0.893. The average molecular weight is 335 g/mol. The molecule has 1 aromatic carbocycles. The van der Waals surface area contributed by atoms with E-state index >= 15 is 0 Å². The lowest BCUT2D eigenvalue weighted by atomic mass is 9.99. The fraction of sp³-hybridized carbons (Fsp3) is 0.500. The molecule has 124 valence electrons. The lowest BCUT2D eigenvalue weighted by Gasteiger charge is -2.32. The van der Waals surface area contributed by atoms with Crippen molar-refractivity contribution < 1.29 is 13.2 Å². The van der Waals surface area contributed by atoms with Crippen LogP contribution in [0.15, 0.2) is 23.1 Å². The van der Waals surface area contributed by atoms with E-state index in [0.29, 0.717) is 5.69 Å². The lowest BCUT2D eigenvalue weighted by Crippen LogP contribution is -2.47. The molecule has 1 aliphatic carbocycles. The van der Waals surface area contributed by atoms with Crippen LogP contribution >= 0.6 is 0 Å². The van der Waals surface area contributed by atoms with E-state index in [1.165, 1.54) is 26.1 Å². The van der Waals surface area contributed by atoms with E-state index < -0.39 is 15.6 Å². The van der Waals surface area contributed by atoms with Gasteiger partial charge in [0.25, 0.3) is 0 Å². The van der Waals surface area contributed by atoms with Crippen LogP contribution in [0.1, 0.15) is 32.3 Å². The molecule has 7 heteroatoms. The molecule has 0 heterocycles. The van der Waals surface area contributed by atoms with Gasteiger partial charge in [0.15, 0.2) is 0 Å². The molecule has 1 atom stereocenters. The summed E-state index contributed by atoms with van der Waals surface area (Å²) in [6.45, 7) is 4.81. The molecule has 6 nitrogen and oxygen atoms in total. The fourth-order valence-corrected chi connectivity index (χ4v) is 4.07. The first-order valence-electron chi connectivity index (χ1n) is 7.41. The van der Waals surface area contributed by atoms with Crippen molar-refractivity contribution in [3.8, 4) is 6.07 Å². The molecule has 1 N–H and O–H groups in total. The zero-order chi connectivity index (χ0) is 17.4. The summed E-state index contributed by atoms with van der Waals surface area (Å²) >= 11 is 0. The molecule has 23 heavy (non-hydrogen) atoms. The molecule has 1 fully saturated rings. The van der Waals surface area contributed by atoms with Crippen molar-refractivity contribution in [3.63, 3.8) is 0 Å². The second-order valence-corrected chi connectivity index (χ2v) is 8.13. The monoisotopic (exact) mass is 335 g/mol. The number of nitrogens with zero attached hydrogens (tertiary/aromatic N) is 2. The topological polar surface area (TPSA) is 90.3 Å². The van der Waals surface area contributed by atoms with Gasteiger partial charge in [0, 0.05) is 19.7 Å². The Labute approximate surface area is 137 Å². The average Bonchev–Trinajstić information content (AvgIpc) is 3.32. The van der Waals surface area contributed by atoms with Gasteiger partial charge in [-0.3, -0.25) is 4.79 Å². The van der Waals surface area contributed by atoms with E-state index in [9.17, 15) is 18.5 Å². The van der Waals surface area contributed by atoms with Crippen LogP contribution in [0.3, 0.4) is 0 Å². The van der Waals surface area contributed by atoms with Crippen molar-refractivity contribution in [2.75, 3.05) is 12.4 Å². The van der Waals surface area contributed by atoms with Crippen LogP contribution in [0.2, 0.25) is 0 Å². The predicted octanol–water partition coefficient (Wildman–Crippen LogP) is 2.27. The van der Waals surface area contributed by atoms with E-state index in [1.807, 2.05) is 0 Å². The number of hydrogen-bond donors (Lipinski definition) is 1. The maximum absolute atomic E-state index is 12.9. The van der Waals surface area contributed by atoms with Gasteiger partial charge in [0.05, 0.1) is 11.0 Å². The normalized spacial score (nSPS) is 17.4. The van der Waals surface area contributed by atoms with Crippen LogP contribution in [0.5, 0.6) is 0 Å². The smallest absolute Gasteiger partial charge is 0.244 e. The standard InChI is InChI=1S/C16H21N3O3S/c1-11-5-8-14(9-15(11)18-12(2)20)23(21,22)19(4)16(3,10-17)13-6-7-13/h5,8-9,13H,6-7H2,1-4H3,(H,18,20)/t16-/m1/s1. The number of sulfonamides is 1. The summed E-state index contributed by atoms with van der Waals surface area (Å²) < 4.78 is 26.9. The number of benzene rings is 1. The second-order valence-electron chi connectivity index (χ2n) is 6.16. The second kappa shape index (κ2) is 5.95. The molecule has 2 rings (SSSR count). The van der Waals surface area contributed by atoms with Gasteiger partial charge < -0.3 is 5.32 Å². The number of amides is 1. The Hall–Kier alpha value is -1.91. The summed E-state index contributed by atoms with van der Waals surface area (Å²) in [6.07, 6.45) is 1.71. The zero-order valence-electron chi connectivity index (χ0n) is 13.8. The molecule has 0 aromatic heterocycles. The van der Waals surface area contributed by atoms with Crippen LogP contribution in [0, 0.1) is 24.2 Å². The van der Waals surface area contributed by atoms with Crippen molar-refractivity contribution in [1.82, 2.24) is 4.31 Å². The minimum Gasteiger partial charge on any atom is -0.326 e. The summed E-state index contributed by atoms with van der Waals surface area (Å²) in [5.74, 6) is -0.205. The molecule has 1 saturated carbocycles. The van der Waals surface area contributed by atoms with Gasteiger partial charge in [-0.1, -0.05) is 6.07 Å². The molecular weight excluding hydrogens is 314 g/mol. The Morgan fingerprint density at radius 2 is 2.04 bits per heavy atom. The molecule has 0 unspecified atom stereocenters. The maximum Gasteiger partial charge on any atom is 0.244 e. The Morgan fingerprint density at radius 1 is 1.43 bits per heavy atom. The van der Waals surface area contributed by atoms with Gasteiger partial charge in [0.2, 0.25) is 15.9 Å². The summed E-state index contributed by atoms with van der Waals surface area (Å²) in [4.78, 5) is 11.3. The van der Waals surface area contributed by atoms with Crippen molar-refractivity contribution in [2.24, 2.45) is 5.92 Å². The molecule has 1 aliphatic rings. The van der Waals surface area contributed by atoms with Crippen LogP contribution in [0.25, 0.3) is 0 Å². The molecule has 0 spiro atoms. The molecule has 0 radical (unpaired) electrons. The molecule has 0 bridgehead atoms. The third kappa shape index (κ3) is 3.23. The third-order valence-corrected chi connectivity index (χ3v) is 6.38. The first-order valence-corrected chi connectivity index (χ1v) is 8.85. The number of rotatable bonds is 5. The van der Waals surface area contributed by atoms with Gasteiger partial charge in [-0.25, -0.2) is 8.42 Å². The first-order chi connectivity index (χ1) is 10.6. The van der Waals surface area contributed by atoms with Crippen LogP contribution in [-0.2, 0) is 14.8 Å². The summed E-state index contributed by atoms with van der Waals surface area (Å²) in [6, 6.07) is 6.73. The predicted molar refractivity (Wildman–Crippen MR) is 87.2 cm³/mol. The molecule has 0 saturated heterocycles. The Morgan fingerprint density at radius 3 is 2.52 bits per heavy atom. The molecule has 1 aromatic rings. The third-order valence-electron chi connectivity index (χ3n) is 4.43. The lowest BCUT2D eigenvalue weighted by molar-refractivity contribution is -0.114. The highest BCUT2D eigenvalue weighted by Crippen LogP contribution is 2.44. The molecular formula is C16H21N3O3S. The first kappa shape index (κ1) is 17.4. The number of carbonyl (C=O) groups is 1. The largest absolute Gasteiger partial charge is 0.326 e. The van der Waals surface area contributed by atoms with Crippen molar-refractivity contribution in [3.05, 3.63) is 23.8 Å². The highest BCUT2D eigenvalue weighted by atomic mass is 32.2. The van der Waals surface area contributed by atoms with Gasteiger partial charge in [-0.05, 0) is 50.3 Å². The summed E-state index contributed by atoms with van der Waals surface area (Å²) in [5, 5.41) is 12.1. The Balaban J connectivity index is 2.43. The van der Waals surface area contributed by atoms with Gasteiger partial charge >= 0.3 is 0 Å². The Kier molecular flexibility index (Phi) is 4.51. The van der Waals surface area contributed by atoms with Gasteiger partial charge in [-0.2, -0.15) is 9.57 Å². The SMILES string of the molecule is CC(=O)Nc1cc(S(=O)(=O)N(C)[C@](C)(C#N)C2CC2)ccc1C. The van der Waals surface area contributed by atoms with Crippen LogP contribution in [0.4, 0.5) is 5.69 Å². The highest BCUT2D eigenvalue weighted by molar-refractivity contribution is 7.89. The minimum absolute atomic E-state index is 0.0625. The number of anilines is 1. The Bertz CT molecular complexity index is 778. The van der Waals surface area contributed by atoms with E-state index in [1.54, 1.807) is 19.9 Å². The van der Waals surface area contributed by atoms with Gasteiger partial charge in [0.1, 0.15) is 5.54 Å². The van der Waals surface area contributed by atoms with E-state index in [4.69, 9.17) is 0 Å². The fourth-order valence-electron chi connectivity index (χ4n) is 2.56. The van der Waals surface area contributed by atoms with E-state index in [2.05, 4.69) is 11.4 Å². The summed E-state index contributed by atoms with van der Waals surface area (Å²) in [5.41, 5.74) is 0.168. The highest BCUT2D eigenvalue weighted by Gasteiger charge is 2.49. The molecule has 0 aliphatic heterocycles. The van der Waals surface area contributed by atoms with Crippen LogP contribution < -0.4 is 5.32 Å². The summed E-state index contributed by atoms with van der Waals surface area (Å²) in [7, 11) is -2.39. The van der Waals surface area contributed by atoms with Crippen molar-refractivity contribution in [1.29, 1.82) is 5.26 Å². The van der Waals surface area contributed by atoms with Gasteiger partial charge in [-0.15, -0.1) is 0 Å². The number of aryl methyl sites for hydroxylation is 1. The van der Waals surface area contributed by atoms with Crippen molar-refractivity contribution in [2.45, 2.75) is 44.0 Å². The maximum atomic E-state index is 12.9. The minimum atomic E-state index is -3.83.